The van der Waals surface area contributed by atoms with Gasteiger partial charge in [0.25, 0.3) is 0 Å². The van der Waals surface area contributed by atoms with Crippen molar-refractivity contribution in [2.75, 3.05) is 11.9 Å². The third-order valence-corrected chi connectivity index (χ3v) is 2.36. The van der Waals surface area contributed by atoms with Gasteiger partial charge < -0.3 is 4.90 Å². The first-order valence-corrected chi connectivity index (χ1v) is 4.50. The Morgan fingerprint density at radius 2 is 2.42 bits per heavy atom. The monoisotopic (exact) mass is 180 g/mol. The van der Waals surface area contributed by atoms with Crippen LogP contribution in [0.1, 0.15) is 4.88 Å². The molecule has 3 heteroatoms. The normalized spacial score (nSPS) is 10.5. The van der Waals surface area contributed by atoms with Gasteiger partial charge in [0.2, 0.25) is 0 Å². The molecule has 0 bridgehead atoms. The van der Waals surface area contributed by atoms with Crippen molar-refractivity contribution in [3.05, 3.63) is 36.0 Å². The molecule has 0 unspecified atom stereocenters. The van der Waals surface area contributed by atoms with E-state index < -0.39 is 0 Å². The van der Waals surface area contributed by atoms with Crippen LogP contribution in [-0.4, -0.2) is 12.0 Å². The molecular formula is C9H12N2S. The van der Waals surface area contributed by atoms with Crippen molar-refractivity contribution in [1.29, 1.82) is 0 Å². The van der Waals surface area contributed by atoms with Crippen molar-refractivity contribution in [1.82, 2.24) is 4.98 Å². The third kappa shape index (κ3) is 2.20. The van der Waals surface area contributed by atoms with Gasteiger partial charge in [-0.05, 0) is 13.0 Å². The van der Waals surface area contributed by atoms with E-state index in [4.69, 9.17) is 0 Å². The predicted molar refractivity (Wildman–Crippen MR) is 54.6 cm³/mol. The fraction of sp³-hybridized carbons (Fsp3) is 0.222. The number of aryl methyl sites for hydroxylation is 1. The fourth-order valence-corrected chi connectivity index (χ4v) is 1.46. The van der Waals surface area contributed by atoms with E-state index in [0.717, 1.165) is 5.13 Å². The van der Waals surface area contributed by atoms with Crippen LogP contribution in [-0.2, 0) is 0 Å². The summed E-state index contributed by atoms with van der Waals surface area (Å²) in [6.45, 7) is 5.65. The van der Waals surface area contributed by atoms with Gasteiger partial charge >= 0.3 is 0 Å². The second kappa shape index (κ2) is 4.07. The minimum absolute atomic E-state index is 1.01. The number of anilines is 1. The highest BCUT2D eigenvalue weighted by Crippen LogP contribution is 2.20. The zero-order valence-electron chi connectivity index (χ0n) is 7.32. The summed E-state index contributed by atoms with van der Waals surface area (Å²) in [5.41, 5.74) is 0. The van der Waals surface area contributed by atoms with Crippen molar-refractivity contribution in [2.24, 2.45) is 0 Å². The Morgan fingerprint density at radius 3 is 2.92 bits per heavy atom. The fourth-order valence-electron chi connectivity index (χ4n) is 0.760. The molecule has 0 aliphatic heterocycles. The van der Waals surface area contributed by atoms with Crippen molar-refractivity contribution in [2.45, 2.75) is 6.92 Å². The number of rotatable bonds is 3. The number of aromatic nitrogens is 1. The maximum atomic E-state index is 4.23. The summed E-state index contributed by atoms with van der Waals surface area (Å²) in [5, 5.41) is 1.01. The van der Waals surface area contributed by atoms with E-state index in [-0.39, 0.29) is 0 Å². The Bertz CT molecular complexity index is 288. The molecule has 0 aliphatic carbocycles. The van der Waals surface area contributed by atoms with Crippen molar-refractivity contribution < 1.29 is 0 Å². The Hall–Kier alpha value is -1.09. The Morgan fingerprint density at radius 1 is 1.67 bits per heavy atom. The van der Waals surface area contributed by atoms with Crippen molar-refractivity contribution in [3.63, 3.8) is 0 Å². The Kier molecular flexibility index (Phi) is 3.05. The van der Waals surface area contributed by atoms with Crippen LogP contribution in [0.15, 0.2) is 31.1 Å². The molecule has 0 atom stereocenters. The largest absolute Gasteiger partial charge is 0.328 e. The molecule has 0 fully saturated rings. The van der Waals surface area contributed by atoms with Gasteiger partial charge in [0.15, 0.2) is 5.13 Å². The molecular weight excluding hydrogens is 168 g/mol. The third-order valence-electron chi connectivity index (χ3n) is 1.36. The number of hydrogen-bond acceptors (Lipinski definition) is 3. The molecule has 1 heterocycles. The average Bonchev–Trinajstić information content (AvgIpc) is 2.47. The summed E-state index contributed by atoms with van der Waals surface area (Å²) in [7, 11) is 1.97. The van der Waals surface area contributed by atoms with E-state index in [1.165, 1.54) is 4.88 Å². The molecule has 0 aliphatic rings. The van der Waals surface area contributed by atoms with E-state index >= 15 is 0 Å². The molecule has 64 valence electrons. The lowest BCUT2D eigenvalue weighted by Gasteiger charge is -2.07. The van der Waals surface area contributed by atoms with Gasteiger partial charge in [-0.25, -0.2) is 4.98 Å². The van der Waals surface area contributed by atoms with Crippen LogP contribution in [0.5, 0.6) is 0 Å². The summed E-state index contributed by atoms with van der Waals surface area (Å²) in [4.78, 5) is 7.42. The number of allylic oxidation sites excluding steroid dienone is 2. The number of nitrogens with zero attached hydrogens (tertiary/aromatic N) is 2. The van der Waals surface area contributed by atoms with Crippen molar-refractivity contribution >= 4 is 16.5 Å². The van der Waals surface area contributed by atoms with E-state index in [1.807, 2.05) is 37.3 Å². The van der Waals surface area contributed by atoms with Crippen LogP contribution in [0.3, 0.4) is 0 Å². The van der Waals surface area contributed by atoms with Gasteiger partial charge in [0, 0.05) is 24.3 Å². The highest BCUT2D eigenvalue weighted by Gasteiger charge is 1.99. The molecule has 0 N–H and O–H groups in total. The van der Waals surface area contributed by atoms with Crippen LogP contribution in [0.4, 0.5) is 5.13 Å². The molecule has 1 aromatic rings. The van der Waals surface area contributed by atoms with Crippen LogP contribution in [0, 0.1) is 6.92 Å². The summed E-state index contributed by atoms with van der Waals surface area (Å²) < 4.78 is 0. The SMILES string of the molecule is C=C/C=C\N(C)c1ncc(C)s1. The number of hydrogen-bond donors (Lipinski definition) is 0. The smallest absolute Gasteiger partial charge is 0.189 e. The van der Waals surface area contributed by atoms with Gasteiger partial charge in [0.1, 0.15) is 0 Å². The molecule has 0 saturated carbocycles. The zero-order chi connectivity index (χ0) is 8.97. The van der Waals surface area contributed by atoms with E-state index in [9.17, 15) is 0 Å². The summed E-state index contributed by atoms with van der Waals surface area (Å²) in [6.07, 6.45) is 7.44. The minimum atomic E-state index is 1.01. The van der Waals surface area contributed by atoms with Crippen LogP contribution < -0.4 is 4.90 Å². The van der Waals surface area contributed by atoms with Gasteiger partial charge in [-0.15, -0.1) is 11.3 Å². The maximum absolute atomic E-state index is 4.23. The molecule has 1 aromatic heterocycles. The summed E-state index contributed by atoms with van der Waals surface area (Å²) in [5.74, 6) is 0. The molecule has 2 nitrogen and oxygen atoms in total. The van der Waals surface area contributed by atoms with Gasteiger partial charge in [-0.3, -0.25) is 0 Å². The lowest BCUT2D eigenvalue weighted by atomic mass is 10.6. The molecule has 0 saturated heterocycles. The lowest BCUT2D eigenvalue weighted by molar-refractivity contribution is 1.16. The second-order valence-electron chi connectivity index (χ2n) is 2.44. The molecule has 1 rings (SSSR count). The number of thiazole rings is 1. The van der Waals surface area contributed by atoms with Gasteiger partial charge in [0.05, 0.1) is 0 Å². The Labute approximate surface area is 76.9 Å². The first-order valence-electron chi connectivity index (χ1n) is 3.68. The summed E-state index contributed by atoms with van der Waals surface area (Å²) in [6, 6.07) is 0. The van der Waals surface area contributed by atoms with Crippen LogP contribution in [0.25, 0.3) is 0 Å². The topological polar surface area (TPSA) is 16.1 Å². The highest BCUT2D eigenvalue weighted by molar-refractivity contribution is 7.15. The first-order chi connectivity index (χ1) is 5.74. The molecule has 12 heavy (non-hydrogen) atoms. The zero-order valence-corrected chi connectivity index (χ0v) is 8.14. The lowest BCUT2D eigenvalue weighted by Crippen LogP contribution is -2.06. The Balaban J connectivity index is 2.70. The van der Waals surface area contributed by atoms with Crippen LogP contribution >= 0.6 is 11.3 Å². The molecule has 0 amide bonds. The van der Waals surface area contributed by atoms with Gasteiger partial charge in [-0.1, -0.05) is 12.7 Å². The molecule has 0 spiro atoms. The maximum Gasteiger partial charge on any atom is 0.189 e. The molecule has 0 aromatic carbocycles. The van der Waals surface area contributed by atoms with Crippen LogP contribution in [0.2, 0.25) is 0 Å². The van der Waals surface area contributed by atoms with E-state index in [2.05, 4.69) is 11.6 Å². The van der Waals surface area contributed by atoms with Gasteiger partial charge in [-0.2, -0.15) is 0 Å². The quantitative estimate of drug-likeness (QED) is 0.665. The minimum Gasteiger partial charge on any atom is -0.328 e. The van der Waals surface area contributed by atoms with E-state index in [0.29, 0.717) is 0 Å². The average molecular weight is 180 g/mol. The first kappa shape index (κ1) is 9.00. The predicted octanol–water partition coefficient (Wildman–Crippen LogP) is 2.59. The second-order valence-corrected chi connectivity index (χ2v) is 3.65. The summed E-state index contributed by atoms with van der Waals surface area (Å²) >= 11 is 1.68. The standard InChI is InChI=1S/C9H12N2S/c1-4-5-6-11(3)9-10-7-8(2)12-9/h4-7H,1H2,2-3H3/b6-5-. The highest BCUT2D eigenvalue weighted by atomic mass is 32.1. The molecule has 0 radical (unpaired) electrons. The van der Waals surface area contributed by atoms with E-state index in [1.54, 1.807) is 17.4 Å². The van der Waals surface area contributed by atoms with Crippen molar-refractivity contribution in [3.8, 4) is 0 Å².